The summed E-state index contributed by atoms with van der Waals surface area (Å²) in [6.07, 6.45) is -0.162. The number of thiazole rings is 1. The van der Waals surface area contributed by atoms with Crippen LogP contribution in [0, 0.1) is 12.1 Å². The van der Waals surface area contributed by atoms with Crippen molar-refractivity contribution >= 4 is 23.0 Å². The monoisotopic (exact) mass is 216 g/mol. The zero-order valence-corrected chi connectivity index (χ0v) is 8.36. The van der Waals surface area contributed by atoms with E-state index in [1.54, 1.807) is 6.92 Å². The Hall–Kier alpha value is -1.30. The molecule has 0 atom stereocenters. The lowest BCUT2D eigenvalue weighted by molar-refractivity contribution is -0.118. The van der Waals surface area contributed by atoms with Gasteiger partial charge in [-0.3, -0.25) is 9.59 Å². The van der Waals surface area contributed by atoms with Gasteiger partial charge in [0.1, 0.15) is 0 Å². The summed E-state index contributed by atoms with van der Waals surface area (Å²) in [5, 5.41) is -0.109. The molecular weight excluding hydrogens is 207 g/mol. The van der Waals surface area contributed by atoms with E-state index in [0.29, 0.717) is 5.01 Å². The molecule has 0 radical (unpaired) electrons. The maximum atomic E-state index is 13.0. The summed E-state index contributed by atoms with van der Waals surface area (Å²) in [5.41, 5.74) is 4.67. The molecule has 1 rings (SSSR count). The highest BCUT2D eigenvalue weighted by Crippen LogP contribution is 2.17. The Morgan fingerprint density at radius 2 is 2.14 bits per heavy atom. The number of primary amides is 1. The molecular formula is C8H9FN2O2S. The van der Waals surface area contributed by atoms with E-state index in [4.69, 9.17) is 5.73 Å². The third-order valence-electron chi connectivity index (χ3n) is 1.56. The third-order valence-corrected chi connectivity index (χ3v) is 2.31. The third kappa shape index (κ3) is 2.59. The standard InChI is InChI=1S/C8H9FN2O2S/c1-4-11-7(8(9)14-4)5(12)2-3-6(10)13/h2-3H2,1H3,(H2,10,13). The van der Waals surface area contributed by atoms with Crippen LogP contribution < -0.4 is 5.73 Å². The summed E-state index contributed by atoms with van der Waals surface area (Å²) < 4.78 is 13.0. The van der Waals surface area contributed by atoms with Crippen molar-refractivity contribution in [1.82, 2.24) is 4.98 Å². The van der Waals surface area contributed by atoms with E-state index in [-0.39, 0.29) is 18.5 Å². The maximum Gasteiger partial charge on any atom is 0.217 e. The topological polar surface area (TPSA) is 73.1 Å². The molecule has 6 heteroatoms. The fraction of sp³-hybridized carbons (Fsp3) is 0.375. The first-order valence-electron chi connectivity index (χ1n) is 3.95. The van der Waals surface area contributed by atoms with Gasteiger partial charge in [-0.1, -0.05) is 11.3 Å². The molecule has 0 spiro atoms. The highest BCUT2D eigenvalue weighted by atomic mass is 32.1. The Morgan fingerprint density at radius 3 is 2.57 bits per heavy atom. The fourth-order valence-electron chi connectivity index (χ4n) is 0.929. The summed E-state index contributed by atoms with van der Waals surface area (Å²) in [6.45, 7) is 1.61. The van der Waals surface area contributed by atoms with Crippen LogP contribution in [0.15, 0.2) is 0 Å². The number of ketones is 1. The first-order chi connectivity index (χ1) is 6.50. The maximum absolute atomic E-state index is 13.0. The van der Waals surface area contributed by atoms with Crippen molar-refractivity contribution in [3.63, 3.8) is 0 Å². The van der Waals surface area contributed by atoms with E-state index >= 15 is 0 Å². The molecule has 1 aromatic rings. The lowest BCUT2D eigenvalue weighted by Crippen LogP contribution is -2.13. The van der Waals surface area contributed by atoms with Gasteiger partial charge in [0.05, 0.1) is 5.01 Å². The minimum absolute atomic E-state index is 0.0746. The van der Waals surface area contributed by atoms with Crippen molar-refractivity contribution in [2.24, 2.45) is 5.73 Å². The molecule has 1 heterocycles. The number of amides is 1. The normalized spacial score (nSPS) is 10.1. The molecule has 0 aliphatic carbocycles. The van der Waals surface area contributed by atoms with Crippen LogP contribution in [0.4, 0.5) is 4.39 Å². The molecule has 14 heavy (non-hydrogen) atoms. The Bertz CT molecular complexity index is 375. The zero-order valence-electron chi connectivity index (χ0n) is 7.54. The molecule has 2 N–H and O–H groups in total. The largest absolute Gasteiger partial charge is 0.370 e. The van der Waals surface area contributed by atoms with Gasteiger partial charge in [-0.2, -0.15) is 4.39 Å². The van der Waals surface area contributed by atoms with Gasteiger partial charge in [0.25, 0.3) is 0 Å². The first-order valence-corrected chi connectivity index (χ1v) is 4.76. The van der Waals surface area contributed by atoms with Crippen molar-refractivity contribution in [2.75, 3.05) is 0 Å². The van der Waals surface area contributed by atoms with Gasteiger partial charge in [0, 0.05) is 12.8 Å². The number of rotatable bonds is 4. The summed E-state index contributed by atoms with van der Waals surface area (Å²) in [7, 11) is 0. The highest BCUT2D eigenvalue weighted by Gasteiger charge is 2.16. The second-order valence-corrected chi connectivity index (χ2v) is 3.90. The quantitative estimate of drug-likeness (QED) is 0.764. The highest BCUT2D eigenvalue weighted by molar-refractivity contribution is 7.10. The van der Waals surface area contributed by atoms with Crippen molar-refractivity contribution in [3.05, 3.63) is 15.8 Å². The van der Waals surface area contributed by atoms with E-state index in [1.165, 1.54) is 0 Å². The van der Waals surface area contributed by atoms with Gasteiger partial charge in [0.2, 0.25) is 11.0 Å². The molecule has 0 aromatic carbocycles. The molecule has 0 saturated carbocycles. The summed E-state index contributed by atoms with van der Waals surface area (Å²) in [6, 6.07) is 0. The predicted octanol–water partition coefficient (Wildman–Crippen LogP) is 1.04. The molecule has 1 aromatic heterocycles. The van der Waals surface area contributed by atoms with Gasteiger partial charge in [-0.15, -0.1) is 0 Å². The van der Waals surface area contributed by atoms with Crippen molar-refractivity contribution < 1.29 is 14.0 Å². The SMILES string of the molecule is Cc1nc(C(=O)CCC(N)=O)c(F)s1. The number of hydrogen-bond donors (Lipinski definition) is 1. The molecule has 0 aliphatic heterocycles. The number of aromatic nitrogens is 1. The average Bonchev–Trinajstić information content (AvgIpc) is 2.41. The molecule has 0 bridgehead atoms. The summed E-state index contributed by atoms with van der Waals surface area (Å²) in [5.74, 6) is -1.06. The Kier molecular flexibility index (Phi) is 3.29. The van der Waals surface area contributed by atoms with Crippen LogP contribution in [0.1, 0.15) is 28.3 Å². The fourth-order valence-corrected chi connectivity index (χ4v) is 1.58. The van der Waals surface area contributed by atoms with Gasteiger partial charge in [-0.25, -0.2) is 4.98 Å². The number of halogens is 1. The number of nitrogens with zero attached hydrogens (tertiary/aromatic N) is 1. The molecule has 0 fully saturated rings. The van der Waals surface area contributed by atoms with Gasteiger partial charge < -0.3 is 5.73 Å². The van der Waals surface area contributed by atoms with Gasteiger partial charge in [0.15, 0.2) is 11.5 Å². The van der Waals surface area contributed by atoms with E-state index in [2.05, 4.69) is 4.98 Å². The molecule has 76 valence electrons. The number of carbonyl (C=O) groups excluding carboxylic acids is 2. The molecule has 4 nitrogen and oxygen atoms in total. The van der Waals surface area contributed by atoms with Crippen LogP contribution in [0.5, 0.6) is 0 Å². The van der Waals surface area contributed by atoms with E-state index in [1.807, 2.05) is 0 Å². The number of carbonyl (C=O) groups is 2. The predicted molar refractivity (Wildman–Crippen MR) is 49.6 cm³/mol. The lowest BCUT2D eigenvalue weighted by Gasteiger charge is -1.94. The van der Waals surface area contributed by atoms with Gasteiger partial charge in [-0.05, 0) is 6.92 Å². The van der Waals surface area contributed by atoms with Crippen molar-refractivity contribution in [1.29, 1.82) is 0 Å². The molecule has 1 amide bonds. The van der Waals surface area contributed by atoms with Crippen LogP contribution in [-0.2, 0) is 4.79 Å². The van der Waals surface area contributed by atoms with Crippen LogP contribution >= 0.6 is 11.3 Å². The summed E-state index contributed by atoms with van der Waals surface area (Å²) >= 11 is 0.817. The van der Waals surface area contributed by atoms with Crippen molar-refractivity contribution in [2.45, 2.75) is 19.8 Å². The van der Waals surface area contributed by atoms with Crippen LogP contribution in [0.2, 0.25) is 0 Å². The summed E-state index contributed by atoms with van der Waals surface area (Å²) in [4.78, 5) is 25.4. The van der Waals surface area contributed by atoms with E-state index in [0.717, 1.165) is 11.3 Å². The van der Waals surface area contributed by atoms with Crippen LogP contribution in [0.25, 0.3) is 0 Å². The minimum Gasteiger partial charge on any atom is -0.370 e. The van der Waals surface area contributed by atoms with Crippen LogP contribution in [0.3, 0.4) is 0 Å². The van der Waals surface area contributed by atoms with Crippen molar-refractivity contribution in [3.8, 4) is 0 Å². The Morgan fingerprint density at radius 1 is 1.50 bits per heavy atom. The first kappa shape index (κ1) is 10.8. The molecule has 0 aliphatic rings. The second kappa shape index (κ2) is 4.28. The minimum atomic E-state index is -0.600. The number of Topliss-reactive ketones (excluding diaryl/α,β-unsaturated/α-hetero) is 1. The smallest absolute Gasteiger partial charge is 0.217 e. The second-order valence-electron chi connectivity index (χ2n) is 2.74. The van der Waals surface area contributed by atoms with E-state index < -0.39 is 16.8 Å². The van der Waals surface area contributed by atoms with Crippen LogP contribution in [-0.4, -0.2) is 16.7 Å². The number of aryl methyl sites for hydroxylation is 1. The van der Waals surface area contributed by atoms with E-state index in [9.17, 15) is 14.0 Å². The molecule has 0 unspecified atom stereocenters. The number of hydrogen-bond acceptors (Lipinski definition) is 4. The number of nitrogens with two attached hydrogens (primary N) is 1. The van der Waals surface area contributed by atoms with Gasteiger partial charge >= 0.3 is 0 Å². The average molecular weight is 216 g/mol. The lowest BCUT2D eigenvalue weighted by atomic mass is 10.2. The Balaban J connectivity index is 2.69. The Labute approximate surface area is 83.9 Å². The zero-order chi connectivity index (χ0) is 10.7. The molecule has 0 saturated heterocycles.